The van der Waals surface area contributed by atoms with Crippen molar-refractivity contribution in [3.05, 3.63) is 70.7 Å². The monoisotopic (exact) mass is 444 g/mol. The normalized spacial score (nSPS) is 15.7. The highest BCUT2D eigenvalue weighted by Gasteiger charge is 2.26. The van der Waals surface area contributed by atoms with Crippen LogP contribution >= 0.6 is 11.6 Å². The van der Waals surface area contributed by atoms with Gasteiger partial charge in [0, 0.05) is 17.1 Å². The van der Waals surface area contributed by atoms with E-state index in [9.17, 15) is 0 Å². The summed E-state index contributed by atoms with van der Waals surface area (Å²) in [7, 11) is 0. The van der Waals surface area contributed by atoms with E-state index >= 15 is 0 Å². The molecule has 0 aliphatic carbocycles. The van der Waals surface area contributed by atoms with Crippen LogP contribution in [-0.2, 0) is 13.0 Å². The molecule has 32 heavy (non-hydrogen) atoms. The fourth-order valence-corrected chi connectivity index (χ4v) is 4.80. The molecule has 0 saturated carbocycles. The SMILES string of the molecule is Clc1ccc(N=c2c3c4c(ccc3cc3n2CCc2cc5c(cc2-3)OCO5)OCO4)cc1. The van der Waals surface area contributed by atoms with Crippen LogP contribution in [0.5, 0.6) is 23.0 Å². The molecule has 1 aromatic heterocycles. The number of ether oxygens (including phenoxy) is 4. The van der Waals surface area contributed by atoms with Gasteiger partial charge in [0.2, 0.25) is 13.6 Å². The van der Waals surface area contributed by atoms with Gasteiger partial charge in [0.1, 0.15) is 5.49 Å². The average Bonchev–Trinajstić information content (AvgIpc) is 3.47. The molecule has 6 nitrogen and oxygen atoms in total. The molecular weight excluding hydrogens is 428 g/mol. The second kappa shape index (κ2) is 6.68. The van der Waals surface area contributed by atoms with Crippen molar-refractivity contribution in [1.29, 1.82) is 0 Å². The third-order valence-corrected chi connectivity index (χ3v) is 6.43. The molecule has 7 heteroatoms. The van der Waals surface area contributed by atoms with Gasteiger partial charge < -0.3 is 23.5 Å². The molecule has 7 rings (SSSR count). The van der Waals surface area contributed by atoms with Crippen molar-refractivity contribution in [2.24, 2.45) is 4.99 Å². The van der Waals surface area contributed by atoms with Crippen LogP contribution in [0.15, 0.2) is 59.6 Å². The van der Waals surface area contributed by atoms with Gasteiger partial charge in [-0.3, -0.25) is 0 Å². The van der Waals surface area contributed by atoms with Gasteiger partial charge in [-0.1, -0.05) is 17.7 Å². The molecule has 3 aliphatic heterocycles. The Bertz CT molecular complexity index is 1490. The second-order valence-electron chi connectivity index (χ2n) is 7.97. The Hall–Kier alpha value is -3.64. The van der Waals surface area contributed by atoms with E-state index in [1.165, 1.54) is 5.56 Å². The molecular formula is C25H17ClN2O4. The molecule has 0 radical (unpaired) electrons. The molecule has 158 valence electrons. The van der Waals surface area contributed by atoms with Crippen LogP contribution in [0.1, 0.15) is 5.56 Å². The number of fused-ring (bicyclic) bond motifs is 7. The topological polar surface area (TPSA) is 54.2 Å². The van der Waals surface area contributed by atoms with Crippen molar-refractivity contribution in [3.63, 3.8) is 0 Å². The first-order valence-electron chi connectivity index (χ1n) is 10.4. The first-order valence-corrected chi connectivity index (χ1v) is 10.8. The number of aromatic nitrogens is 1. The lowest BCUT2D eigenvalue weighted by Crippen LogP contribution is -2.27. The summed E-state index contributed by atoms with van der Waals surface area (Å²) in [6.45, 7) is 1.26. The lowest BCUT2D eigenvalue weighted by Gasteiger charge is -2.24. The number of aryl methyl sites for hydroxylation is 1. The van der Waals surface area contributed by atoms with E-state index in [0.717, 1.165) is 69.2 Å². The Balaban J connectivity index is 1.57. The highest BCUT2D eigenvalue weighted by Crippen LogP contribution is 2.43. The molecule has 4 aromatic rings. The first kappa shape index (κ1) is 18.0. The van der Waals surface area contributed by atoms with Crippen molar-refractivity contribution < 1.29 is 18.9 Å². The van der Waals surface area contributed by atoms with Crippen LogP contribution in [0, 0.1) is 0 Å². The van der Waals surface area contributed by atoms with Gasteiger partial charge in [-0.2, -0.15) is 0 Å². The van der Waals surface area contributed by atoms with Crippen molar-refractivity contribution in [3.8, 4) is 34.3 Å². The van der Waals surface area contributed by atoms with Gasteiger partial charge in [-0.05, 0) is 65.9 Å². The van der Waals surface area contributed by atoms with Crippen molar-refractivity contribution in [2.75, 3.05) is 13.6 Å². The molecule has 0 saturated heterocycles. The van der Waals surface area contributed by atoms with Crippen LogP contribution in [0.4, 0.5) is 5.69 Å². The Labute approximate surface area is 188 Å². The summed E-state index contributed by atoms with van der Waals surface area (Å²) in [4.78, 5) is 5.06. The van der Waals surface area contributed by atoms with E-state index < -0.39 is 0 Å². The minimum absolute atomic E-state index is 0.211. The zero-order chi connectivity index (χ0) is 21.2. The maximum atomic E-state index is 6.10. The molecule has 0 spiro atoms. The summed E-state index contributed by atoms with van der Waals surface area (Å²) < 4.78 is 25.0. The van der Waals surface area contributed by atoms with Crippen molar-refractivity contribution >= 4 is 28.1 Å². The Morgan fingerprint density at radius 3 is 2.47 bits per heavy atom. The first-order chi connectivity index (χ1) is 15.7. The second-order valence-corrected chi connectivity index (χ2v) is 8.41. The molecule has 3 aliphatic rings. The minimum Gasteiger partial charge on any atom is -0.454 e. The third kappa shape index (κ3) is 2.63. The standard InChI is InChI=1S/C25H17ClN2O4/c26-16-2-4-17(5-3-16)27-25-23-15(1-6-20-24(23)32-13-29-20)9-19-18-11-22-21(30-12-31-22)10-14(18)7-8-28(19)25/h1-6,9-11H,7-8,12-13H2. The lowest BCUT2D eigenvalue weighted by molar-refractivity contribution is 0.174. The van der Waals surface area contributed by atoms with Gasteiger partial charge in [-0.15, -0.1) is 0 Å². The highest BCUT2D eigenvalue weighted by atomic mass is 35.5. The van der Waals surface area contributed by atoms with Crippen LogP contribution in [-0.4, -0.2) is 18.2 Å². The summed E-state index contributed by atoms with van der Waals surface area (Å²) >= 11 is 6.10. The van der Waals surface area contributed by atoms with Gasteiger partial charge in [0.05, 0.1) is 16.8 Å². The van der Waals surface area contributed by atoms with E-state index in [1.54, 1.807) is 0 Å². The lowest BCUT2D eigenvalue weighted by atomic mass is 9.95. The molecule has 4 heterocycles. The molecule has 0 atom stereocenters. The largest absolute Gasteiger partial charge is 0.454 e. The summed E-state index contributed by atoms with van der Waals surface area (Å²) in [5.41, 5.74) is 5.12. The number of pyridine rings is 1. The van der Waals surface area contributed by atoms with E-state index in [1.807, 2.05) is 30.3 Å². The Morgan fingerprint density at radius 2 is 1.59 bits per heavy atom. The van der Waals surface area contributed by atoms with Gasteiger partial charge in [0.25, 0.3) is 0 Å². The predicted octanol–water partition coefficient (Wildman–Crippen LogP) is 5.21. The molecule has 3 aromatic carbocycles. The summed E-state index contributed by atoms with van der Waals surface area (Å²) in [6.07, 6.45) is 0.866. The maximum Gasteiger partial charge on any atom is 0.231 e. The van der Waals surface area contributed by atoms with E-state index in [4.69, 9.17) is 35.5 Å². The summed E-state index contributed by atoms with van der Waals surface area (Å²) in [5.74, 6) is 3.07. The predicted molar refractivity (Wildman–Crippen MR) is 120 cm³/mol. The maximum absolute atomic E-state index is 6.10. The van der Waals surface area contributed by atoms with Crippen LogP contribution in [0.25, 0.3) is 22.0 Å². The van der Waals surface area contributed by atoms with Crippen molar-refractivity contribution in [2.45, 2.75) is 13.0 Å². The summed E-state index contributed by atoms with van der Waals surface area (Å²) in [6, 6.07) is 17.9. The summed E-state index contributed by atoms with van der Waals surface area (Å²) in [5, 5.41) is 2.67. The highest BCUT2D eigenvalue weighted by molar-refractivity contribution is 6.30. The Kier molecular flexibility index (Phi) is 3.75. The number of benzene rings is 3. The van der Waals surface area contributed by atoms with E-state index in [0.29, 0.717) is 5.02 Å². The number of nitrogens with zero attached hydrogens (tertiary/aromatic N) is 2. The van der Waals surface area contributed by atoms with Gasteiger partial charge in [0.15, 0.2) is 23.0 Å². The fourth-order valence-electron chi connectivity index (χ4n) is 4.68. The molecule has 0 bridgehead atoms. The van der Waals surface area contributed by atoms with Crippen LogP contribution in [0.3, 0.4) is 0 Å². The zero-order valence-corrected chi connectivity index (χ0v) is 17.7. The third-order valence-electron chi connectivity index (χ3n) is 6.17. The fraction of sp³-hybridized carbons (Fsp3) is 0.160. The minimum atomic E-state index is 0.211. The molecule has 0 unspecified atom stereocenters. The molecule has 0 fully saturated rings. The van der Waals surface area contributed by atoms with Crippen LogP contribution in [0.2, 0.25) is 5.02 Å². The number of hydrogen-bond donors (Lipinski definition) is 0. The number of hydrogen-bond acceptors (Lipinski definition) is 5. The van der Waals surface area contributed by atoms with E-state index in [-0.39, 0.29) is 13.6 Å². The average molecular weight is 445 g/mol. The number of rotatable bonds is 1. The smallest absolute Gasteiger partial charge is 0.231 e. The van der Waals surface area contributed by atoms with E-state index in [2.05, 4.69) is 28.8 Å². The van der Waals surface area contributed by atoms with Crippen molar-refractivity contribution in [1.82, 2.24) is 4.57 Å². The molecule has 0 N–H and O–H groups in total. The Morgan fingerprint density at radius 1 is 0.812 bits per heavy atom. The zero-order valence-electron chi connectivity index (χ0n) is 16.9. The molecule has 0 amide bonds. The van der Waals surface area contributed by atoms with Gasteiger partial charge in [-0.25, -0.2) is 4.99 Å². The van der Waals surface area contributed by atoms with Gasteiger partial charge >= 0.3 is 0 Å². The number of halogens is 1. The van der Waals surface area contributed by atoms with Crippen LogP contribution < -0.4 is 24.4 Å². The quantitative estimate of drug-likeness (QED) is 0.404.